The highest BCUT2D eigenvalue weighted by Gasteiger charge is 2.35. The monoisotopic (exact) mass is 341 g/mol. The number of amides is 3. The van der Waals surface area contributed by atoms with E-state index in [4.69, 9.17) is 16.3 Å². The Hall–Kier alpha value is -2.65. The Labute approximate surface area is 139 Å². The van der Waals surface area contributed by atoms with Crippen LogP contribution < -0.4 is 16.8 Å². The lowest BCUT2D eigenvalue weighted by molar-refractivity contribution is -0.199. The van der Waals surface area contributed by atoms with E-state index in [1.54, 1.807) is 6.92 Å². The predicted molar refractivity (Wildman–Crippen MR) is 83.9 cm³/mol. The molecule has 0 radical (unpaired) electrons. The molecule has 1 atom stereocenters. The van der Waals surface area contributed by atoms with E-state index in [2.05, 4.69) is 10.3 Å². The largest absolute Gasteiger partial charge is 0.370 e. The van der Waals surface area contributed by atoms with Crippen LogP contribution in [-0.4, -0.2) is 47.3 Å². The second kappa shape index (κ2) is 9.48. The van der Waals surface area contributed by atoms with Gasteiger partial charge in [-0.15, -0.1) is 5.06 Å². The lowest BCUT2D eigenvalue weighted by atomic mass is 10.1. The standard InChI is InChI=1S/C14H23N5O5/c1-2-10(20)18-9(5-3-4-8-17-14(15)16)13(23)24-19-11(21)6-7-12(19)22/h9H,2-8H2,1H3,(H,18,20)(H4,15,16,17)/t9-/m0/s1. The van der Waals surface area contributed by atoms with Gasteiger partial charge in [0.25, 0.3) is 11.8 Å². The molecule has 1 rings (SSSR count). The van der Waals surface area contributed by atoms with Crippen LogP contribution in [0.3, 0.4) is 0 Å². The van der Waals surface area contributed by atoms with Crippen LogP contribution in [0.25, 0.3) is 0 Å². The van der Waals surface area contributed by atoms with Crippen LogP contribution in [0.15, 0.2) is 4.99 Å². The van der Waals surface area contributed by atoms with Crippen LogP contribution in [-0.2, 0) is 24.0 Å². The van der Waals surface area contributed by atoms with Gasteiger partial charge in [-0.3, -0.25) is 19.4 Å². The van der Waals surface area contributed by atoms with Gasteiger partial charge in [0.05, 0.1) is 0 Å². The molecular formula is C14H23N5O5. The first-order valence-electron chi connectivity index (χ1n) is 7.77. The third-order valence-corrected chi connectivity index (χ3v) is 3.32. The zero-order chi connectivity index (χ0) is 18.1. The number of nitrogens with zero attached hydrogens (tertiary/aromatic N) is 2. The number of hydrogen-bond acceptors (Lipinski definition) is 6. The number of hydrogen-bond donors (Lipinski definition) is 3. The summed E-state index contributed by atoms with van der Waals surface area (Å²) >= 11 is 0. The lowest BCUT2D eigenvalue weighted by Gasteiger charge is -2.19. The maximum absolute atomic E-state index is 12.2. The van der Waals surface area contributed by atoms with Gasteiger partial charge in [-0.1, -0.05) is 6.92 Å². The summed E-state index contributed by atoms with van der Waals surface area (Å²) in [4.78, 5) is 55.4. The Morgan fingerprint density at radius 1 is 1.25 bits per heavy atom. The van der Waals surface area contributed by atoms with Crippen molar-refractivity contribution in [1.82, 2.24) is 10.4 Å². The topological polar surface area (TPSA) is 157 Å². The fourth-order valence-corrected chi connectivity index (χ4v) is 2.03. The number of unbranched alkanes of at least 4 members (excludes halogenated alkanes) is 1. The first-order chi connectivity index (χ1) is 11.3. The number of imide groups is 1. The molecule has 0 aromatic rings. The normalized spacial score (nSPS) is 15.1. The van der Waals surface area contributed by atoms with Gasteiger partial charge in [-0.2, -0.15) is 0 Å². The molecule has 0 aliphatic carbocycles. The minimum atomic E-state index is -0.946. The molecule has 10 heteroatoms. The number of rotatable bonds is 9. The number of aliphatic imine (C=N–C) groups is 1. The van der Waals surface area contributed by atoms with E-state index in [0.29, 0.717) is 24.4 Å². The summed E-state index contributed by atoms with van der Waals surface area (Å²) in [6.07, 6.45) is 1.64. The van der Waals surface area contributed by atoms with Crippen molar-refractivity contribution in [3.63, 3.8) is 0 Å². The molecule has 0 unspecified atom stereocenters. The van der Waals surface area contributed by atoms with Crippen molar-refractivity contribution in [2.75, 3.05) is 6.54 Å². The van der Waals surface area contributed by atoms with Gasteiger partial charge in [-0.05, 0) is 19.3 Å². The van der Waals surface area contributed by atoms with Crippen LogP contribution in [0.5, 0.6) is 0 Å². The summed E-state index contributed by atoms with van der Waals surface area (Å²) in [5.41, 5.74) is 10.4. The maximum Gasteiger partial charge on any atom is 0.355 e. The average Bonchev–Trinajstić information content (AvgIpc) is 2.84. The molecule has 0 aromatic carbocycles. The molecule has 10 nitrogen and oxygen atoms in total. The highest BCUT2D eigenvalue weighted by molar-refractivity contribution is 6.01. The summed E-state index contributed by atoms with van der Waals surface area (Å²) in [7, 11) is 0. The van der Waals surface area contributed by atoms with Crippen molar-refractivity contribution in [3.8, 4) is 0 Å². The fraction of sp³-hybridized carbons (Fsp3) is 0.643. The zero-order valence-electron chi connectivity index (χ0n) is 13.6. The Morgan fingerprint density at radius 2 is 1.88 bits per heavy atom. The molecule has 0 saturated carbocycles. The molecule has 0 spiro atoms. The Morgan fingerprint density at radius 3 is 2.42 bits per heavy atom. The summed E-state index contributed by atoms with van der Waals surface area (Å²) in [6.45, 7) is 2.04. The van der Waals surface area contributed by atoms with Gasteiger partial charge in [0.2, 0.25) is 5.91 Å². The number of nitrogens with two attached hydrogens (primary N) is 2. The van der Waals surface area contributed by atoms with E-state index in [9.17, 15) is 19.2 Å². The van der Waals surface area contributed by atoms with Crippen LogP contribution in [0, 0.1) is 0 Å². The molecule has 3 amide bonds. The van der Waals surface area contributed by atoms with Gasteiger partial charge in [0.1, 0.15) is 6.04 Å². The van der Waals surface area contributed by atoms with Gasteiger partial charge in [-0.25, -0.2) is 4.79 Å². The smallest absolute Gasteiger partial charge is 0.355 e. The van der Waals surface area contributed by atoms with Gasteiger partial charge >= 0.3 is 5.97 Å². The van der Waals surface area contributed by atoms with Crippen molar-refractivity contribution in [3.05, 3.63) is 0 Å². The molecule has 1 aliphatic heterocycles. The summed E-state index contributed by atoms with van der Waals surface area (Å²) in [5, 5.41) is 2.99. The van der Waals surface area contributed by atoms with Gasteiger partial charge in [0.15, 0.2) is 5.96 Å². The summed E-state index contributed by atoms with van der Waals surface area (Å²) < 4.78 is 0. The van der Waals surface area contributed by atoms with E-state index in [1.807, 2.05) is 0 Å². The highest BCUT2D eigenvalue weighted by atomic mass is 16.7. The Balaban J connectivity index is 2.58. The molecule has 1 saturated heterocycles. The van der Waals surface area contributed by atoms with Crippen molar-refractivity contribution >= 4 is 29.7 Å². The summed E-state index contributed by atoms with van der Waals surface area (Å²) in [6, 6.07) is -0.946. The van der Waals surface area contributed by atoms with E-state index in [0.717, 1.165) is 0 Å². The molecule has 1 fully saturated rings. The number of guanidine groups is 1. The first kappa shape index (κ1) is 19.4. The predicted octanol–water partition coefficient (Wildman–Crippen LogP) is -1.07. The van der Waals surface area contributed by atoms with Crippen molar-refractivity contribution in [2.45, 2.75) is 51.5 Å². The molecular weight excluding hydrogens is 318 g/mol. The molecule has 24 heavy (non-hydrogen) atoms. The third-order valence-electron chi connectivity index (χ3n) is 3.32. The number of nitrogens with one attached hydrogen (secondary N) is 1. The quantitative estimate of drug-likeness (QED) is 0.208. The van der Waals surface area contributed by atoms with Crippen LogP contribution in [0.1, 0.15) is 45.4 Å². The van der Waals surface area contributed by atoms with Gasteiger partial charge < -0.3 is 21.6 Å². The molecule has 0 bridgehead atoms. The number of hydroxylamine groups is 2. The van der Waals surface area contributed by atoms with Gasteiger partial charge in [0, 0.05) is 25.8 Å². The van der Waals surface area contributed by atoms with E-state index in [-0.39, 0.29) is 37.6 Å². The second-order valence-corrected chi connectivity index (χ2v) is 5.27. The fourth-order valence-electron chi connectivity index (χ4n) is 2.03. The molecule has 0 aromatic heterocycles. The van der Waals surface area contributed by atoms with E-state index >= 15 is 0 Å². The van der Waals surface area contributed by atoms with Crippen LogP contribution >= 0.6 is 0 Å². The second-order valence-electron chi connectivity index (χ2n) is 5.27. The average molecular weight is 341 g/mol. The van der Waals surface area contributed by atoms with Crippen molar-refractivity contribution < 1.29 is 24.0 Å². The third kappa shape index (κ3) is 6.23. The van der Waals surface area contributed by atoms with Crippen LogP contribution in [0.2, 0.25) is 0 Å². The molecule has 1 heterocycles. The number of carbonyl (C=O) groups is 4. The SMILES string of the molecule is CCC(=O)N[C@@H](CCCCN=C(N)N)C(=O)ON1C(=O)CCC1=O. The summed E-state index contributed by atoms with van der Waals surface area (Å²) in [5.74, 6) is -2.33. The first-order valence-corrected chi connectivity index (χ1v) is 7.77. The minimum absolute atomic E-state index is 0.0105. The molecule has 134 valence electrons. The van der Waals surface area contributed by atoms with E-state index < -0.39 is 23.8 Å². The van der Waals surface area contributed by atoms with E-state index in [1.165, 1.54) is 0 Å². The minimum Gasteiger partial charge on any atom is -0.370 e. The van der Waals surface area contributed by atoms with Crippen molar-refractivity contribution in [1.29, 1.82) is 0 Å². The number of carbonyl (C=O) groups excluding carboxylic acids is 4. The molecule has 1 aliphatic rings. The Bertz CT molecular complexity index is 514. The Kier molecular flexibility index (Phi) is 7.66. The maximum atomic E-state index is 12.2. The molecule has 5 N–H and O–H groups in total. The zero-order valence-corrected chi connectivity index (χ0v) is 13.6. The van der Waals surface area contributed by atoms with Crippen LogP contribution in [0.4, 0.5) is 0 Å². The lowest BCUT2D eigenvalue weighted by Crippen LogP contribution is -2.45. The highest BCUT2D eigenvalue weighted by Crippen LogP contribution is 2.14. The van der Waals surface area contributed by atoms with Crippen molar-refractivity contribution in [2.24, 2.45) is 16.5 Å².